The Kier molecular flexibility index (Phi) is 8.46. The summed E-state index contributed by atoms with van der Waals surface area (Å²) in [6.45, 7) is 4.35. The Morgan fingerprint density at radius 2 is 1.42 bits per heavy atom. The third kappa shape index (κ3) is 5.88. The fourth-order valence-electron chi connectivity index (χ4n) is 4.34. The summed E-state index contributed by atoms with van der Waals surface area (Å²) in [5.41, 5.74) is 2.48. The number of hydrogen-bond donors (Lipinski definition) is 0. The number of rotatable bonds is 7. The van der Waals surface area contributed by atoms with Gasteiger partial charge in [0.05, 0.1) is 22.8 Å². The molecule has 0 bridgehead atoms. The van der Waals surface area contributed by atoms with Crippen LogP contribution in [0.1, 0.15) is 29.3 Å². The number of methoxy groups -OCH3 is 1. The van der Waals surface area contributed by atoms with Gasteiger partial charge in [0.1, 0.15) is 17.8 Å². The van der Waals surface area contributed by atoms with Crippen LogP contribution in [0.15, 0.2) is 87.0 Å². The molecule has 0 aromatic heterocycles. The van der Waals surface area contributed by atoms with E-state index in [0.29, 0.717) is 24.3 Å². The fraction of sp³-hybridized carbons (Fsp3) is 0.296. The predicted octanol–water partition coefficient (Wildman–Crippen LogP) is 4.73. The van der Waals surface area contributed by atoms with E-state index in [4.69, 9.17) is 16.3 Å². The predicted molar refractivity (Wildman–Crippen MR) is 149 cm³/mol. The second kappa shape index (κ2) is 11.4. The number of halogens is 1. The maximum absolute atomic E-state index is 13.9. The zero-order chi connectivity index (χ0) is 27.5. The lowest BCUT2D eigenvalue weighted by Crippen LogP contribution is -2.52. The molecule has 1 fully saturated rings. The highest BCUT2D eigenvalue weighted by atomic mass is 35.5. The van der Waals surface area contributed by atoms with Gasteiger partial charge in [-0.25, -0.2) is 8.42 Å². The van der Waals surface area contributed by atoms with E-state index in [0.717, 1.165) is 11.1 Å². The van der Waals surface area contributed by atoms with Crippen LogP contribution in [0.5, 0.6) is 5.75 Å². The van der Waals surface area contributed by atoms with E-state index in [-0.39, 0.29) is 28.1 Å². The molecule has 3 aromatic rings. The Morgan fingerprint density at radius 1 is 0.868 bits per heavy atom. The lowest BCUT2D eigenvalue weighted by Gasteiger charge is -2.44. The second-order valence-electron chi connectivity index (χ2n) is 9.05. The standard InChI is InChI=1S/C27H30ClN3O5S2/c1-20-5-13-24(14-6-20)37(32,33)29-26(19-28)30-17-4-18-31(27(30)22-9-11-23(36-3)12-10-22)38(34,35)25-15-7-21(2)8-16-25/h5-16,27H,4,17-19H2,1-3H3/t27-/m0/s1. The highest BCUT2D eigenvalue weighted by Crippen LogP contribution is 2.36. The molecular formula is C27H30ClN3O5S2. The van der Waals surface area contributed by atoms with Crippen molar-refractivity contribution in [3.05, 3.63) is 89.5 Å². The Hall–Kier alpha value is -2.92. The number of aryl methyl sites for hydroxylation is 2. The Morgan fingerprint density at radius 3 is 1.95 bits per heavy atom. The number of benzene rings is 3. The molecule has 4 rings (SSSR count). The largest absolute Gasteiger partial charge is 0.497 e. The van der Waals surface area contributed by atoms with Crippen LogP contribution in [0.3, 0.4) is 0 Å². The molecule has 0 aliphatic carbocycles. The van der Waals surface area contributed by atoms with Crippen molar-refractivity contribution in [1.82, 2.24) is 9.21 Å². The molecule has 38 heavy (non-hydrogen) atoms. The minimum Gasteiger partial charge on any atom is -0.497 e. The maximum Gasteiger partial charge on any atom is 0.283 e. The molecule has 0 unspecified atom stereocenters. The van der Waals surface area contributed by atoms with Crippen molar-refractivity contribution in [3.63, 3.8) is 0 Å². The first-order valence-corrected chi connectivity index (χ1v) is 15.4. The number of alkyl halides is 1. The fourth-order valence-corrected chi connectivity index (χ4v) is 7.28. The van der Waals surface area contributed by atoms with Crippen molar-refractivity contribution in [2.45, 2.75) is 36.2 Å². The minimum absolute atomic E-state index is 0.0351. The third-order valence-corrected chi connectivity index (χ3v) is 9.81. The molecule has 1 aliphatic rings. The summed E-state index contributed by atoms with van der Waals surface area (Å²) in [6, 6.07) is 20.0. The monoisotopic (exact) mass is 575 g/mol. The molecule has 1 saturated heterocycles. The Bertz CT molecular complexity index is 1510. The van der Waals surface area contributed by atoms with Crippen molar-refractivity contribution in [2.75, 3.05) is 26.1 Å². The lowest BCUT2D eigenvalue weighted by atomic mass is 10.1. The highest BCUT2D eigenvalue weighted by Gasteiger charge is 2.40. The summed E-state index contributed by atoms with van der Waals surface area (Å²) in [4.78, 5) is 1.85. The van der Waals surface area contributed by atoms with Gasteiger partial charge in [0.2, 0.25) is 10.0 Å². The summed E-state index contributed by atoms with van der Waals surface area (Å²) >= 11 is 6.29. The summed E-state index contributed by atoms with van der Waals surface area (Å²) in [5.74, 6) is 0.449. The molecule has 0 spiro atoms. The zero-order valence-electron chi connectivity index (χ0n) is 21.4. The third-order valence-electron chi connectivity index (χ3n) is 6.38. The quantitative estimate of drug-likeness (QED) is 0.229. The summed E-state index contributed by atoms with van der Waals surface area (Å²) in [7, 11) is -6.50. The molecule has 202 valence electrons. The average Bonchev–Trinajstić information content (AvgIpc) is 2.92. The van der Waals surface area contributed by atoms with Crippen LogP contribution in [0.25, 0.3) is 0 Å². The van der Waals surface area contributed by atoms with E-state index in [2.05, 4.69) is 4.40 Å². The van der Waals surface area contributed by atoms with Crippen molar-refractivity contribution in [3.8, 4) is 5.75 Å². The minimum atomic E-state index is -4.09. The summed E-state index contributed by atoms with van der Waals surface area (Å²) < 4.78 is 64.9. The van der Waals surface area contributed by atoms with Crippen LogP contribution >= 0.6 is 11.6 Å². The van der Waals surface area contributed by atoms with Crippen LogP contribution < -0.4 is 4.74 Å². The molecule has 11 heteroatoms. The topological polar surface area (TPSA) is 96.3 Å². The molecule has 3 aromatic carbocycles. The molecule has 0 radical (unpaired) electrons. The SMILES string of the molecule is COc1ccc([C@H]2N(C(CCl)=NS(=O)(=O)c3ccc(C)cc3)CCCN2S(=O)(=O)c2ccc(C)cc2)cc1. The smallest absolute Gasteiger partial charge is 0.283 e. The summed E-state index contributed by atoms with van der Waals surface area (Å²) in [5, 5.41) is 0. The maximum atomic E-state index is 13.9. The van der Waals surface area contributed by atoms with Crippen LogP contribution in [-0.4, -0.2) is 58.0 Å². The van der Waals surface area contributed by atoms with Crippen LogP contribution in [-0.2, 0) is 20.0 Å². The van der Waals surface area contributed by atoms with Gasteiger partial charge in [-0.15, -0.1) is 16.0 Å². The van der Waals surface area contributed by atoms with Gasteiger partial charge in [-0.2, -0.15) is 12.7 Å². The van der Waals surface area contributed by atoms with E-state index in [1.807, 2.05) is 13.8 Å². The van der Waals surface area contributed by atoms with Gasteiger partial charge < -0.3 is 9.64 Å². The van der Waals surface area contributed by atoms with Crippen molar-refractivity contribution in [1.29, 1.82) is 0 Å². The van der Waals surface area contributed by atoms with Gasteiger partial charge >= 0.3 is 0 Å². The first-order valence-electron chi connectivity index (χ1n) is 12.0. The first kappa shape index (κ1) is 28.1. The average molecular weight is 576 g/mol. The molecule has 0 N–H and O–H groups in total. The van der Waals surface area contributed by atoms with Gasteiger partial charge in [-0.3, -0.25) is 0 Å². The summed E-state index contributed by atoms with van der Waals surface area (Å²) in [6.07, 6.45) is -0.412. The van der Waals surface area contributed by atoms with Crippen molar-refractivity contribution in [2.24, 2.45) is 4.40 Å². The normalized spacial score (nSPS) is 17.4. The number of ether oxygens (including phenoxy) is 1. The van der Waals surface area contributed by atoms with E-state index in [9.17, 15) is 16.8 Å². The zero-order valence-corrected chi connectivity index (χ0v) is 23.8. The van der Waals surface area contributed by atoms with Gasteiger partial charge in [-0.1, -0.05) is 47.5 Å². The lowest BCUT2D eigenvalue weighted by molar-refractivity contribution is 0.124. The number of nitrogens with zero attached hydrogens (tertiary/aromatic N) is 3. The molecule has 0 saturated carbocycles. The Labute approximate surface area is 229 Å². The highest BCUT2D eigenvalue weighted by molar-refractivity contribution is 7.90. The van der Waals surface area contributed by atoms with Crippen LogP contribution in [0, 0.1) is 13.8 Å². The van der Waals surface area contributed by atoms with Crippen molar-refractivity contribution >= 4 is 37.5 Å². The first-order chi connectivity index (χ1) is 18.1. The molecule has 1 heterocycles. The van der Waals surface area contributed by atoms with Crippen LogP contribution in [0.4, 0.5) is 0 Å². The van der Waals surface area contributed by atoms with E-state index in [1.54, 1.807) is 72.7 Å². The number of hydrogen-bond acceptors (Lipinski definition) is 5. The molecule has 0 amide bonds. The molecular weight excluding hydrogens is 546 g/mol. The molecule has 1 aliphatic heterocycles. The van der Waals surface area contributed by atoms with E-state index >= 15 is 0 Å². The molecule has 1 atom stereocenters. The second-order valence-corrected chi connectivity index (χ2v) is 12.8. The van der Waals surface area contributed by atoms with Gasteiger partial charge in [0.25, 0.3) is 10.0 Å². The van der Waals surface area contributed by atoms with E-state index < -0.39 is 26.2 Å². The van der Waals surface area contributed by atoms with Gasteiger partial charge in [-0.05, 0) is 62.2 Å². The van der Waals surface area contributed by atoms with Crippen molar-refractivity contribution < 1.29 is 21.6 Å². The van der Waals surface area contributed by atoms with E-state index in [1.165, 1.54) is 16.4 Å². The molecule has 8 nitrogen and oxygen atoms in total. The van der Waals surface area contributed by atoms with Gasteiger partial charge in [0.15, 0.2) is 0 Å². The number of sulfonamides is 2. The van der Waals surface area contributed by atoms with Gasteiger partial charge in [0, 0.05) is 13.1 Å². The Balaban J connectivity index is 1.83. The number of amidine groups is 1. The van der Waals surface area contributed by atoms with Crippen LogP contribution in [0.2, 0.25) is 0 Å².